The second kappa shape index (κ2) is 9.69. The number of nitrogens with one attached hydrogen (secondary N) is 2. The maximum atomic E-state index is 13.3. The maximum absolute atomic E-state index is 13.3. The summed E-state index contributed by atoms with van der Waals surface area (Å²) in [4.78, 5) is 15.8. The van der Waals surface area contributed by atoms with Crippen molar-refractivity contribution in [2.24, 2.45) is 0 Å². The van der Waals surface area contributed by atoms with Crippen molar-refractivity contribution in [3.05, 3.63) is 89.5 Å². The minimum Gasteiger partial charge on any atom is -0.372 e. The first-order chi connectivity index (χ1) is 15.1. The van der Waals surface area contributed by atoms with Crippen LogP contribution in [-0.2, 0) is 4.79 Å². The Labute approximate surface area is 185 Å². The summed E-state index contributed by atoms with van der Waals surface area (Å²) < 4.78 is 0. The van der Waals surface area contributed by atoms with Gasteiger partial charge in [0.2, 0.25) is 0 Å². The molecule has 3 aromatic carbocycles. The molecule has 1 atom stereocenters. The zero-order valence-electron chi connectivity index (χ0n) is 18.4. The van der Waals surface area contributed by atoms with Gasteiger partial charge in [-0.15, -0.1) is 0 Å². The number of benzene rings is 3. The molecule has 0 aromatic heterocycles. The predicted molar refractivity (Wildman–Crippen MR) is 130 cm³/mol. The number of nitrogens with zero attached hydrogens (tertiary/aromatic N) is 1. The van der Waals surface area contributed by atoms with Crippen LogP contribution in [0.4, 0.5) is 17.1 Å². The van der Waals surface area contributed by atoms with E-state index in [-0.39, 0.29) is 5.91 Å². The number of anilines is 3. The number of hydrogen-bond donors (Lipinski definition) is 2. The minimum absolute atomic E-state index is 0.0694. The van der Waals surface area contributed by atoms with E-state index in [4.69, 9.17) is 0 Å². The van der Waals surface area contributed by atoms with E-state index in [0.29, 0.717) is 0 Å². The molecule has 0 spiro atoms. The molecule has 0 aliphatic carbocycles. The first kappa shape index (κ1) is 21.0. The van der Waals surface area contributed by atoms with E-state index < -0.39 is 6.04 Å². The van der Waals surface area contributed by atoms with Crippen molar-refractivity contribution in [3.63, 3.8) is 0 Å². The third kappa shape index (κ3) is 5.26. The van der Waals surface area contributed by atoms with Crippen LogP contribution in [-0.4, -0.2) is 19.0 Å². The van der Waals surface area contributed by atoms with Crippen LogP contribution in [0.15, 0.2) is 72.8 Å². The van der Waals surface area contributed by atoms with Crippen molar-refractivity contribution < 1.29 is 4.79 Å². The lowest BCUT2D eigenvalue weighted by molar-refractivity contribution is -0.117. The second-order valence-electron chi connectivity index (χ2n) is 8.39. The highest BCUT2D eigenvalue weighted by Crippen LogP contribution is 2.26. The molecule has 4 nitrogen and oxygen atoms in total. The Bertz CT molecular complexity index is 1010. The second-order valence-corrected chi connectivity index (χ2v) is 8.39. The molecule has 1 heterocycles. The third-order valence-electron chi connectivity index (χ3n) is 5.95. The quantitative estimate of drug-likeness (QED) is 0.514. The molecule has 4 rings (SSSR count). The van der Waals surface area contributed by atoms with Gasteiger partial charge in [0.25, 0.3) is 5.91 Å². The molecule has 0 radical (unpaired) electrons. The Morgan fingerprint density at radius 2 is 1.58 bits per heavy atom. The number of amides is 1. The predicted octanol–water partition coefficient (Wildman–Crippen LogP) is 6.09. The van der Waals surface area contributed by atoms with Gasteiger partial charge >= 0.3 is 0 Å². The number of hydrogen-bond acceptors (Lipinski definition) is 3. The Hall–Kier alpha value is -3.27. The van der Waals surface area contributed by atoms with E-state index in [1.54, 1.807) is 0 Å². The molecule has 1 unspecified atom stereocenters. The molecular formula is C27H31N3O. The molecule has 160 valence electrons. The molecule has 0 bridgehead atoms. The summed E-state index contributed by atoms with van der Waals surface area (Å²) >= 11 is 0. The molecule has 1 amide bonds. The van der Waals surface area contributed by atoms with Crippen molar-refractivity contribution in [2.45, 2.75) is 39.2 Å². The molecular weight excluding hydrogens is 382 g/mol. The molecule has 1 fully saturated rings. The lowest BCUT2D eigenvalue weighted by Crippen LogP contribution is -2.29. The number of carbonyl (C=O) groups excluding carboxylic acids is 1. The standard InChI is InChI=1S/C27H31N3O/c1-20-11-12-21(2)25(19-20)29-27(31)26(22-9-5-3-6-10-22)28-23-13-15-24(16-14-23)30-17-7-4-8-18-30/h3,5-6,9-16,19,26,28H,4,7-8,17-18H2,1-2H3,(H,29,31). The highest BCUT2D eigenvalue weighted by atomic mass is 16.2. The van der Waals surface area contributed by atoms with Crippen LogP contribution in [0.1, 0.15) is 42.0 Å². The number of carbonyl (C=O) groups is 1. The highest BCUT2D eigenvalue weighted by Gasteiger charge is 2.21. The van der Waals surface area contributed by atoms with Gasteiger partial charge in [0, 0.05) is 30.2 Å². The molecule has 1 aliphatic rings. The van der Waals surface area contributed by atoms with Crippen LogP contribution in [0.25, 0.3) is 0 Å². The Morgan fingerprint density at radius 3 is 2.29 bits per heavy atom. The molecule has 4 heteroatoms. The fourth-order valence-corrected chi connectivity index (χ4v) is 4.11. The van der Waals surface area contributed by atoms with Crippen molar-refractivity contribution in [3.8, 4) is 0 Å². The van der Waals surface area contributed by atoms with Gasteiger partial charge in [0.15, 0.2) is 0 Å². The minimum atomic E-state index is -0.484. The Kier molecular flexibility index (Phi) is 6.56. The van der Waals surface area contributed by atoms with Crippen LogP contribution in [0.3, 0.4) is 0 Å². The molecule has 2 N–H and O–H groups in total. The van der Waals surface area contributed by atoms with Gasteiger partial charge in [-0.25, -0.2) is 0 Å². The summed E-state index contributed by atoms with van der Waals surface area (Å²) in [5, 5.41) is 6.57. The fraction of sp³-hybridized carbons (Fsp3) is 0.296. The lowest BCUT2D eigenvalue weighted by atomic mass is 10.0. The van der Waals surface area contributed by atoms with E-state index in [1.165, 1.54) is 24.9 Å². The van der Waals surface area contributed by atoms with Crippen LogP contribution in [0.2, 0.25) is 0 Å². The van der Waals surface area contributed by atoms with E-state index >= 15 is 0 Å². The van der Waals surface area contributed by atoms with Crippen LogP contribution >= 0.6 is 0 Å². The number of rotatable bonds is 6. The summed E-state index contributed by atoms with van der Waals surface area (Å²) in [6.07, 6.45) is 3.84. The molecule has 31 heavy (non-hydrogen) atoms. The summed E-state index contributed by atoms with van der Waals surface area (Å²) in [6.45, 7) is 6.29. The van der Waals surface area contributed by atoms with Gasteiger partial charge in [0.05, 0.1) is 0 Å². The van der Waals surface area contributed by atoms with Gasteiger partial charge in [-0.2, -0.15) is 0 Å². The topological polar surface area (TPSA) is 44.4 Å². The van der Waals surface area contributed by atoms with Gasteiger partial charge in [-0.3, -0.25) is 4.79 Å². The number of aryl methyl sites for hydroxylation is 2. The summed E-state index contributed by atoms with van der Waals surface area (Å²) in [5.41, 5.74) is 6.15. The molecule has 3 aromatic rings. The first-order valence-corrected chi connectivity index (χ1v) is 11.1. The van der Waals surface area contributed by atoms with Crippen molar-refractivity contribution in [2.75, 3.05) is 28.6 Å². The van der Waals surface area contributed by atoms with Crippen LogP contribution < -0.4 is 15.5 Å². The van der Waals surface area contributed by atoms with E-state index in [1.807, 2.05) is 56.3 Å². The normalized spacial score (nSPS) is 14.7. The lowest BCUT2D eigenvalue weighted by Gasteiger charge is -2.29. The van der Waals surface area contributed by atoms with Crippen LogP contribution in [0.5, 0.6) is 0 Å². The van der Waals surface area contributed by atoms with Gasteiger partial charge < -0.3 is 15.5 Å². The van der Waals surface area contributed by atoms with Gasteiger partial charge in [-0.1, -0.05) is 42.5 Å². The monoisotopic (exact) mass is 413 g/mol. The highest BCUT2D eigenvalue weighted by molar-refractivity contribution is 5.98. The van der Waals surface area contributed by atoms with E-state index in [0.717, 1.165) is 41.2 Å². The smallest absolute Gasteiger partial charge is 0.251 e. The largest absolute Gasteiger partial charge is 0.372 e. The van der Waals surface area contributed by atoms with Gasteiger partial charge in [0.1, 0.15) is 6.04 Å². The van der Waals surface area contributed by atoms with E-state index in [9.17, 15) is 4.79 Å². The third-order valence-corrected chi connectivity index (χ3v) is 5.95. The van der Waals surface area contributed by atoms with Crippen molar-refractivity contribution in [1.29, 1.82) is 0 Å². The SMILES string of the molecule is Cc1ccc(C)c(NC(=O)C(Nc2ccc(N3CCCCC3)cc2)c2ccccc2)c1. The van der Waals surface area contributed by atoms with Crippen LogP contribution in [0, 0.1) is 13.8 Å². The molecule has 1 aliphatic heterocycles. The zero-order valence-corrected chi connectivity index (χ0v) is 18.4. The summed E-state index contributed by atoms with van der Waals surface area (Å²) in [7, 11) is 0. The average Bonchev–Trinajstić information content (AvgIpc) is 2.81. The maximum Gasteiger partial charge on any atom is 0.251 e. The summed E-state index contributed by atoms with van der Waals surface area (Å²) in [5.74, 6) is -0.0694. The zero-order chi connectivity index (χ0) is 21.6. The summed E-state index contributed by atoms with van der Waals surface area (Å²) in [6, 6.07) is 24.0. The number of piperidine rings is 1. The molecule has 0 saturated carbocycles. The van der Waals surface area contributed by atoms with Crippen molar-refractivity contribution >= 4 is 23.0 Å². The first-order valence-electron chi connectivity index (χ1n) is 11.1. The van der Waals surface area contributed by atoms with Gasteiger partial charge in [-0.05, 0) is 80.1 Å². The average molecular weight is 414 g/mol. The Balaban J connectivity index is 1.54. The Morgan fingerprint density at radius 1 is 0.871 bits per heavy atom. The van der Waals surface area contributed by atoms with E-state index in [2.05, 4.69) is 45.9 Å². The van der Waals surface area contributed by atoms with Crippen molar-refractivity contribution in [1.82, 2.24) is 0 Å². The molecule has 1 saturated heterocycles. The fourth-order valence-electron chi connectivity index (χ4n) is 4.11.